The predicted octanol–water partition coefficient (Wildman–Crippen LogP) is 12.3. The Balaban J connectivity index is 0.00000457. The van der Waals surface area contributed by atoms with E-state index in [1.54, 1.807) is 19.1 Å². The molecule has 2 aliphatic heterocycles. The number of non-ortho nitro benzene ring substituents is 1. The van der Waals surface area contributed by atoms with E-state index in [1.165, 1.54) is 42.6 Å². The van der Waals surface area contributed by atoms with Gasteiger partial charge in [0.05, 0.1) is 36.3 Å². The average Bonchev–Trinajstić information content (AvgIpc) is 3.52. The second-order valence-electron chi connectivity index (χ2n) is 19.7. The Labute approximate surface area is 459 Å². The fourth-order valence-electron chi connectivity index (χ4n) is 7.80. The summed E-state index contributed by atoms with van der Waals surface area (Å²) in [6.07, 6.45) is 16.9. The van der Waals surface area contributed by atoms with Crippen LogP contribution in [0.2, 0.25) is 0 Å². The van der Waals surface area contributed by atoms with Crippen molar-refractivity contribution in [3.63, 3.8) is 0 Å². The molecule has 4 rings (SSSR count). The average molecular weight is 1130 g/mol. The molecule has 0 aliphatic carbocycles. The number of ether oxygens (including phenoxy) is 6. The summed E-state index contributed by atoms with van der Waals surface area (Å²) in [5, 5.41) is 10.9. The lowest BCUT2D eigenvalue weighted by Gasteiger charge is -2.50. The molecule has 0 aromatic heterocycles. The number of nitro groups is 1. The maximum atomic E-state index is 14.1. The van der Waals surface area contributed by atoms with Crippen LogP contribution in [0.3, 0.4) is 0 Å². The smallest absolute Gasteiger partial charge is 0.319 e. The van der Waals surface area contributed by atoms with Crippen molar-refractivity contribution >= 4 is 101 Å². The van der Waals surface area contributed by atoms with Gasteiger partial charge in [-0.15, -0.1) is 22.1 Å². The van der Waals surface area contributed by atoms with Gasteiger partial charge in [-0.2, -0.15) is 0 Å². The van der Waals surface area contributed by atoms with E-state index in [0.717, 1.165) is 42.0 Å². The Morgan fingerprint density at radius 1 is 0.865 bits per heavy atom. The number of hydrogen-bond donors (Lipinski definition) is 0. The molecule has 15 nitrogen and oxygen atoms in total. The third-order valence-corrected chi connectivity index (χ3v) is 20.1. The highest BCUT2D eigenvalue weighted by Crippen LogP contribution is 2.59. The number of nitrogens with zero attached hydrogens (tertiary/aromatic N) is 2. The van der Waals surface area contributed by atoms with Gasteiger partial charge < -0.3 is 37.5 Å². The van der Waals surface area contributed by atoms with Crippen molar-refractivity contribution in [3.8, 4) is 5.75 Å². The fraction of sp³-hybridized carbons (Fsp3) is 0.648. The van der Waals surface area contributed by atoms with Crippen LogP contribution in [-0.4, -0.2) is 137 Å². The van der Waals surface area contributed by atoms with Crippen molar-refractivity contribution in [2.45, 2.75) is 130 Å². The molecule has 2 heterocycles. The Bertz CT molecular complexity index is 2220. The quantitative estimate of drug-likeness (QED) is 0.0206. The van der Waals surface area contributed by atoms with Gasteiger partial charge in [0.1, 0.15) is 51.3 Å². The molecule has 2 aliphatic rings. The lowest BCUT2D eigenvalue weighted by molar-refractivity contribution is -0.384. The van der Waals surface area contributed by atoms with Crippen molar-refractivity contribution < 1.29 is 56.7 Å². The zero-order chi connectivity index (χ0) is 56.1. The third-order valence-electron chi connectivity index (χ3n) is 12.3. The normalized spacial score (nSPS) is 17.1. The number of para-hydroxylation sites is 1. The van der Waals surface area contributed by atoms with E-state index in [4.69, 9.17) is 44.8 Å². The number of unbranched alkanes of at least 4 members (excludes halogenated alkanes) is 1. The van der Waals surface area contributed by atoms with Crippen molar-refractivity contribution in [2.24, 2.45) is 5.41 Å². The van der Waals surface area contributed by atoms with Crippen molar-refractivity contribution in [1.29, 1.82) is 0 Å². The van der Waals surface area contributed by atoms with E-state index in [-0.39, 0.29) is 49.8 Å². The Morgan fingerprint density at radius 2 is 1.50 bits per heavy atom. The summed E-state index contributed by atoms with van der Waals surface area (Å²) in [7, 11) is -2.20. The van der Waals surface area contributed by atoms with Gasteiger partial charge in [0.2, 0.25) is 5.72 Å². The first-order valence-electron chi connectivity index (χ1n) is 25.4. The first-order chi connectivity index (χ1) is 34.7. The van der Waals surface area contributed by atoms with Crippen LogP contribution in [0.1, 0.15) is 119 Å². The van der Waals surface area contributed by atoms with Gasteiger partial charge in [-0.3, -0.25) is 29.3 Å². The molecular formula is C54H86N2O13S5. The molecule has 20 heteroatoms. The van der Waals surface area contributed by atoms with Gasteiger partial charge in [0.15, 0.2) is 0 Å². The maximum absolute atomic E-state index is 14.1. The molecule has 0 amide bonds. The lowest BCUT2D eigenvalue weighted by Crippen LogP contribution is -2.60. The van der Waals surface area contributed by atoms with E-state index in [2.05, 4.69) is 52.1 Å². The zero-order valence-electron chi connectivity index (χ0n) is 46.9. The van der Waals surface area contributed by atoms with E-state index >= 15 is 0 Å². The first-order valence-corrected chi connectivity index (χ1v) is 33.1. The van der Waals surface area contributed by atoms with Crippen LogP contribution < -0.4 is 9.64 Å². The number of esters is 4. The summed E-state index contributed by atoms with van der Waals surface area (Å²) in [5.74, 6) is -0.495. The van der Waals surface area contributed by atoms with Crippen LogP contribution in [0.15, 0.2) is 48.5 Å². The van der Waals surface area contributed by atoms with Gasteiger partial charge in [-0.05, 0) is 127 Å². The van der Waals surface area contributed by atoms with E-state index < -0.39 is 84.2 Å². The minimum absolute atomic E-state index is 0.0301. The number of nitro benzene ring substituents is 1. The summed E-state index contributed by atoms with van der Waals surface area (Å²) in [6, 6.07) is 12.2. The SMILES string of the molecule is CC.CC.CCCCSC(=S)SC(C)C(=O)OCC(C)(COC(=O)CCC(=O)OCCOCCCS(C)(C)C(C)(C)OS(C)(C)C)C(=O)OCCN1c2ccccc2C(C)(C)C12C=Cc1cc([N+](=O)[O-])ccc1O2. The highest BCUT2D eigenvalue weighted by molar-refractivity contribution is 8.47. The van der Waals surface area contributed by atoms with Crippen molar-refractivity contribution in [1.82, 2.24) is 0 Å². The monoisotopic (exact) mass is 1130 g/mol. The van der Waals surface area contributed by atoms with Crippen LogP contribution in [0.5, 0.6) is 5.75 Å². The molecule has 0 fully saturated rings. The van der Waals surface area contributed by atoms with Crippen LogP contribution in [0, 0.1) is 15.5 Å². The molecule has 74 heavy (non-hydrogen) atoms. The summed E-state index contributed by atoms with van der Waals surface area (Å²) in [6.45, 7) is 21.4. The molecule has 3 unspecified atom stereocenters. The number of hydrogen-bond acceptors (Lipinski definition) is 17. The number of rotatable bonds is 27. The fourth-order valence-corrected chi connectivity index (χ4v) is 14.4. The third kappa shape index (κ3) is 18.9. The number of carbonyl (C=O) groups excluding carboxylic acids is 4. The molecule has 3 atom stereocenters. The minimum Gasteiger partial charge on any atom is -0.464 e. The van der Waals surface area contributed by atoms with E-state index in [9.17, 15) is 29.3 Å². The van der Waals surface area contributed by atoms with Gasteiger partial charge in [-0.1, -0.05) is 83.2 Å². The lowest BCUT2D eigenvalue weighted by atomic mass is 9.76. The molecule has 2 aromatic rings. The topological polar surface area (TPSA) is 179 Å². The standard InChI is InChI=1S/C50H74N2O13S5.2C2H6/c1-13-14-31-67-46(66)68-36(2)44(55)63-35-49(7,34-62-43(54)23-22-42(53)60-30-29-59-27-17-32-70(11,12)48(5,6)65-69(8,9)10)45(56)61-28-26-51-40-19-16-15-18-39(40)47(3,4)50(51)25-24-37-33-38(52(57)58)20-21-41(37)64-50;2*1-2/h15-16,18-21,24-25,33,36H,13-14,17,22-23,26-32,34-35H2,1-12H3;2*1-2H3. The first kappa shape index (κ1) is 66.6. The van der Waals surface area contributed by atoms with Crippen LogP contribution in [0.25, 0.3) is 6.08 Å². The number of anilines is 1. The number of fused-ring (bicyclic) bond motifs is 2. The number of carbonyl (C=O) groups is 4. The molecule has 0 radical (unpaired) electrons. The maximum Gasteiger partial charge on any atom is 0.319 e. The van der Waals surface area contributed by atoms with Crippen LogP contribution in [-0.2, 0) is 52.5 Å². The van der Waals surface area contributed by atoms with E-state index in [1.807, 2.05) is 76.8 Å². The Morgan fingerprint density at radius 3 is 2.14 bits per heavy atom. The number of thioether (sulfide) groups is 2. The summed E-state index contributed by atoms with van der Waals surface area (Å²) in [4.78, 5) is 65.8. The summed E-state index contributed by atoms with van der Waals surface area (Å²) < 4.78 is 42.0. The number of thiocarbonyl (C=S) groups is 1. The predicted molar refractivity (Wildman–Crippen MR) is 313 cm³/mol. The summed E-state index contributed by atoms with van der Waals surface area (Å²) in [5.41, 5.74) is -1.10. The second kappa shape index (κ2) is 30.4. The summed E-state index contributed by atoms with van der Waals surface area (Å²) >= 11 is 8.16. The highest BCUT2D eigenvalue weighted by atomic mass is 32.3. The molecule has 0 N–H and O–H groups in total. The zero-order valence-corrected chi connectivity index (χ0v) is 51.0. The molecule has 0 bridgehead atoms. The molecule has 0 saturated heterocycles. The molecular weight excluding hydrogens is 1040 g/mol. The highest BCUT2D eigenvalue weighted by Gasteiger charge is 2.59. The van der Waals surface area contributed by atoms with Gasteiger partial charge in [-0.25, -0.2) is 10.0 Å². The molecule has 1 spiro atoms. The van der Waals surface area contributed by atoms with E-state index in [0.29, 0.717) is 21.4 Å². The molecule has 420 valence electrons. The minimum atomic E-state index is -1.65. The van der Waals surface area contributed by atoms with Crippen molar-refractivity contribution in [2.75, 3.05) is 93.9 Å². The molecule has 0 saturated carbocycles. The second-order valence-corrected chi connectivity index (χ2v) is 31.4. The van der Waals surface area contributed by atoms with Crippen LogP contribution >= 0.6 is 56.1 Å². The van der Waals surface area contributed by atoms with Gasteiger partial charge >= 0.3 is 23.9 Å². The Kier molecular flexibility index (Phi) is 27.4. The van der Waals surface area contributed by atoms with Crippen molar-refractivity contribution in [3.05, 3.63) is 69.8 Å². The molecule has 2 aromatic carbocycles. The van der Waals surface area contributed by atoms with Gasteiger partial charge in [0.25, 0.3) is 5.69 Å². The Hall–Kier alpha value is -3.53. The van der Waals surface area contributed by atoms with Gasteiger partial charge in [0, 0.05) is 30.0 Å². The van der Waals surface area contributed by atoms with Crippen LogP contribution in [0.4, 0.5) is 11.4 Å². The number of benzene rings is 2. The largest absolute Gasteiger partial charge is 0.464 e.